The first-order chi connectivity index (χ1) is 9.75. The van der Waals surface area contributed by atoms with Crippen LogP contribution in [0.25, 0.3) is 11.4 Å². The summed E-state index contributed by atoms with van der Waals surface area (Å²) in [7, 11) is 4.05. The zero-order valence-electron chi connectivity index (χ0n) is 11.8. The smallest absolute Gasteiger partial charge is 0.245 e. The highest BCUT2D eigenvalue weighted by molar-refractivity contribution is 5.74. The summed E-state index contributed by atoms with van der Waals surface area (Å²) in [6.07, 6.45) is 0. The Hall–Kier alpha value is -2.08. The monoisotopic (exact) mass is 273 g/mol. The van der Waals surface area contributed by atoms with E-state index in [-0.39, 0.29) is 0 Å². The standard InChI is InChI=1S/C14H19N5O/c1-18(2)12-6-4-3-5-11(12)13-15-14(17-16-13)19-7-9-20-10-8-19/h3-6H,7-10H2,1-2H3,(H,15,16,17). The number of anilines is 2. The second-order valence-electron chi connectivity index (χ2n) is 5.00. The Balaban J connectivity index is 1.90. The number of H-pyrrole nitrogens is 1. The van der Waals surface area contributed by atoms with Gasteiger partial charge >= 0.3 is 0 Å². The summed E-state index contributed by atoms with van der Waals surface area (Å²) in [5.74, 6) is 1.55. The molecular formula is C14H19N5O. The maximum atomic E-state index is 5.35. The van der Waals surface area contributed by atoms with Crippen LogP contribution in [0.5, 0.6) is 0 Å². The normalized spacial score (nSPS) is 15.4. The van der Waals surface area contributed by atoms with Crippen molar-refractivity contribution in [3.63, 3.8) is 0 Å². The maximum absolute atomic E-state index is 5.35. The van der Waals surface area contributed by atoms with Gasteiger partial charge in [-0.15, -0.1) is 5.10 Å². The molecule has 6 heteroatoms. The molecule has 3 rings (SSSR count). The molecule has 0 aliphatic carbocycles. The second-order valence-corrected chi connectivity index (χ2v) is 5.00. The molecule has 0 atom stereocenters. The van der Waals surface area contributed by atoms with Gasteiger partial charge in [-0.1, -0.05) is 12.1 Å². The van der Waals surface area contributed by atoms with Crippen molar-refractivity contribution in [1.29, 1.82) is 0 Å². The molecule has 1 N–H and O–H groups in total. The lowest BCUT2D eigenvalue weighted by Crippen LogP contribution is -2.36. The third kappa shape index (κ3) is 2.46. The van der Waals surface area contributed by atoms with E-state index in [1.54, 1.807) is 0 Å². The molecule has 1 fully saturated rings. The number of aromatic amines is 1. The molecule has 2 heterocycles. The van der Waals surface area contributed by atoms with Crippen LogP contribution in [0.15, 0.2) is 24.3 Å². The number of hydrogen-bond donors (Lipinski definition) is 1. The van der Waals surface area contributed by atoms with Gasteiger partial charge in [0.1, 0.15) is 0 Å². The largest absolute Gasteiger partial charge is 0.378 e. The fourth-order valence-electron chi connectivity index (χ4n) is 2.34. The summed E-state index contributed by atoms with van der Waals surface area (Å²) in [4.78, 5) is 8.84. The van der Waals surface area contributed by atoms with Crippen molar-refractivity contribution in [3.05, 3.63) is 24.3 Å². The second kappa shape index (κ2) is 5.50. The Morgan fingerprint density at radius 3 is 2.70 bits per heavy atom. The number of para-hydroxylation sites is 1. The van der Waals surface area contributed by atoms with Gasteiger partial charge in [0.25, 0.3) is 0 Å². The van der Waals surface area contributed by atoms with E-state index in [2.05, 4.69) is 37.1 Å². The highest BCUT2D eigenvalue weighted by Crippen LogP contribution is 2.27. The van der Waals surface area contributed by atoms with Gasteiger partial charge < -0.3 is 14.5 Å². The fourth-order valence-corrected chi connectivity index (χ4v) is 2.34. The van der Waals surface area contributed by atoms with Gasteiger partial charge in [0.05, 0.1) is 13.2 Å². The number of nitrogens with zero attached hydrogens (tertiary/aromatic N) is 4. The molecular weight excluding hydrogens is 254 g/mol. The van der Waals surface area contributed by atoms with Crippen LogP contribution in [0.3, 0.4) is 0 Å². The van der Waals surface area contributed by atoms with Gasteiger partial charge in [-0.3, -0.25) is 5.10 Å². The number of rotatable bonds is 3. The van der Waals surface area contributed by atoms with Crippen LogP contribution in [0.1, 0.15) is 0 Å². The molecule has 0 saturated carbocycles. The summed E-state index contributed by atoms with van der Waals surface area (Å²) < 4.78 is 5.35. The first-order valence-electron chi connectivity index (χ1n) is 6.77. The lowest BCUT2D eigenvalue weighted by atomic mass is 10.1. The molecule has 1 aliphatic rings. The topological polar surface area (TPSA) is 57.3 Å². The number of hydrogen-bond acceptors (Lipinski definition) is 5. The van der Waals surface area contributed by atoms with Crippen molar-refractivity contribution in [3.8, 4) is 11.4 Å². The summed E-state index contributed by atoms with van der Waals surface area (Å²) >= 11 is 0. The third-order valence-corrected chi connectivity index (χ3v) is 3.41. The first kappa shape index (κ1) is 12.9. The molecule has 1 aromatic heterocycles. The van der Waals surface area contributed by atoms with Gasteiger partial charge in [0, 0.05) is 38.4 Å². The minimum Gasteiger partial charge on any atom is -0.378 e. The molecule has 20 heavy (non-hydrogen) atoms. The van der Waals surface area contributed by atoms with Gasteiger partial charge in [-0.25, -0.2) is 0 Å². The molecule has 0 bridgehead atoms. The average molecular weight is 273 g/mol. The predicted octanol–water partition coefficient (Wildman–Crippen LogP) is 1.37. The van der Waals surface area contributed by atoms with Crippen molar-refractivity contribution in [1.82, 2.24) is 15.2 Å². The number of aromatic nitrogens is 3. The highest BCUT2D eigenvalue weighted by atomic mass is 16.5. The molecule has 2 aromatic rings. The van der Waals surface area contributed by atoms with Gasteiger partial charge in [-0.05, 0) is 12.1 Å². The Labute approximate surface area is 118 Å². The van der Waals surface area contributed by atoms with Crippen molar-refractivity contribution in [2.75, 3.05) is 50.2 Å². The molecule has 1 saturated heterocycles. The minimum absolute atomic E-state index is 0.734. The number of nitrogens with one attached hydrogen (secondary N) is 1. The number of morpholine rings is 1. The molecule has 0 spiro atoms. The van der Waals surface area contributed by atoms with Crippen molar-refractivity contribution in [2.45, 2.75) is 0 Å². The van der Waals surface area contributed by atoms with E-state index in [1.165, 1.54) is 0 Å². The van der Waals surface area contributed by atoms with Crippen molar-refractivity contribution >= 4 is 11.6 Å². The van der Waals surface area contributed by atoms with Crippen LogP contribution in [0, 0.1) is 0 Å². The van der Waals surface area contributed by atoms with Crippen LogP contribution < -0.4 is 9.80 Å². The third-order valence-electron chi connectivity index (χ3n) is 3.41. The van der Waals surface area contributed by atoms with E-state index in [4.69, 9.17) is 4.74 Å². The Morgan fingerprint density at radius 2 is 1.95 bits per heavy atom. The quantitative estimate of drug-likeness (QED) is 0.915. The Kier molecular flexibility index (Phi) is 3.56. The van der Waals surface area contributed by atoms with E-state index >= 15 is 0 Å². The van der Waals surface area contributed by atoms with Gasteiger partial charge in [-0.2, -0.15) is 4.98 Å². The van der Waals surface area contributed by atoms with Crippen LogP contribution in [0.4, 0.5) is 11.6 Å². The number of ether oxygens (including phenoxy) is 1. The zero-order valence-corrected chi connectivity index (χ0v) is 11.8. The SMILES string of the molecule is CN(C)c1ccccc1-c1nc(N2CCOCC2)n[nH]1. The summed E-state index contributed by atoms with van der Waals surface area (Å²) in [6, 6.07) is 8.17. The first-order valence-corrected chi connectivity index (χ1v) is 6.77. The highest BCUT2D eigenvalue weighted by Gasteiger charge is 2.17. The predicted molar refractivity (Wildman–Crippen MR) is 79.2 cm³/mol. The molecule has 0 radical (unpaired) electrons. The van der Waals surface area contributed by atoms with E-state index in [0.29, 0.717) is 0 Å². The Bertz CT molecular complexity index is 574. The average Bonchev–Trinajstić information content (AvgIpc) is 2.98. The summed E-state index contributed by atoms with van der Waals surface area (Å²) in [6.45, 7) is 3.15. The maximum Gasteiger partial charge on any atom is 0.245 e. The van der Waals surface area contributed by atoms with Crippen LogP contribution in [-0.2, 0) is 4.74 Å². The minimum atomic E-state index is 0.734. The summed E-state index contributed by atoms with van der Waals surface area (Å²) in [5.41, 5.74) is 2.18. The van der Waals surface area contributed by atoms with E-state index < -0.39 is 0 Å². The zero-order chi connectivity index (χ0) is 13.9. The van der Waals surface area contributed by atoms with Gasteiger partial charge in [0.2, 0.25) is 5.95 Å². The van der Waals surface area contributed by atoms with Crippen molar-refractivity contribution < 1.29 is 4.74 Å². The Morgan fingerprint density at radius 1 is 1.20 bits per heavy atom. The van der Waals surface area contributed by atoms with E-state index in [0.717, 1.165) is 49.3 Å². The van der Waals surface area contributed by atoms with Crippen LogP contribution in [0.2, 0.25) is 0 Å². The molecule has 6 nitrogen and oxygen atoms in total. The lowest BCUT2D eigenvalue weighted by Gasteiger charge is -2.25. The molecule has 0 unspecified atom stereocenters. The molecule has 0 amide bonds. The van der Waals surface area contributed by atoms with Crippen LogP contribution >= 0.6 is 0 Å². The van der Waals surface area contributed by atoms with Gasteiger partial charge in [0.15, 0.2) is 5.82 Å². The molecule has 1 aromatic carbocycles. The van der Waals surface area contributed by atoms with E-state index in [9.17, 15) is 0 Å². The lowest BCUT2D eigenvalue weighted by molar-refractivity contribution is 0.122. The molecule has 1 aliphatic heterocycles. The number of benzene rings is 1. The van der Waals surface area contributed by atoms with E-state index in [1.807, 2.05) is 26.2 Å². The fraction of sp³-hybridized carbons (Fsp3) is 0.429. The summed E-state index contributed by atoms with van der Waals surface area (Å²) in [5, 5.41) is 7.38. The van der Waals surface area contributed by atoms with Crippen molar-refractivity contribution in [2.24, 2.45) is 0 Å². The van der Waals surface area contributed by atoms with Crippen LogP contribution in [-0.4, -0.2) is 55.6 Å². The molecule has 106 valence electrons.